The van der Waals surface area contributed by atoms with E-state index in [1.54, 1.807) is 0 Å². The largest absolute Gasteiger partial charge is 0.478 e. The van der Waals surface area contributed by atoms with Crippen molar-refractivity contribution >= 4 is 29.2 Å². The van der Waals surface area contributed by atoms with E-state index in [-0.39, 0.29) is 22.9 Å². The molecule has 0 unspecified atom stereocenters. The maximum absolute atomic E-state index is 11.6. The van der Waals surface area contributed by atoms with Gasteiger partial charge < -0.3 is 15.2 Å². The molecule has 1 aromatic carbocycles. The number of rotatable bonds is 7. The van der Waals surface area contributed by atoms with Crippen LogP contribution in [0.4, 0.5) is 5.69 Å². The van der Waals surface area contributed by atoms with Gasteiger partial charge in [0.1, 0.15) is 0 Å². The fraction of sp³-hybridized carbons (Fsp3) is 0.385. The van der Waals surface area contributed by atoms with Crippen molar-refractivity contribution in [3.63, 3.8) is 0 Å². The molecule has 0 saturated carbocycles. The Morgan fingerprint density at radius 2 is 2.11 bits per heavy atom. The molecule has 1 aromatic rings. The van der Waals surface area contributed by atoms with Crippen molar-refractivity contribution in [1.82, 2.24) is 0 Å². The number of hydrogen-bond donors (Lipinski definition) is 2. The third-order valence-corrected chi connectivity index (χ3v) is 2.62. The molecule has 0 atom stereocenters. The number of carbonyl (C=O) groups is 2. The molecule has 0 fully saturated rings. The summed E-state index contributed by atoms with van der Waals surface area (Å²) < 4.78 is 5.20. The minimum atomic E-state index is -1.10. The zero-order chi connectivity index (χ0) is 14.3. The topological polar surface area (TPSA) is 75.6 Å². The monoisotopic (exact) mass is 285 g/mol. The zero-order valence-electron chi connectivity index (χ0n) is 10.6. The Hall–Kier alpha value is -1.59. The summed E-state index contributed by atoms with van der Waals surface area (Å²) in [5.41, 5.74) is 0.474. The lowest BCUT2D eigenvalue weighted by Crippen LogP contribution is -2.14. The van der Waals surface area contributed by atoms with Crippen LogP contribution >= 0.6 is 11.6 Å². The molecule has 0 aliphatic rings. The van der Waals surface area contributed by atoms with Gasteiger partial charge in [0.2, 0.25) is 5.91 Å². The van der Waals surface area contributed by atoms with Gasteiger partial charge in [-0.3, -0.25) is 4.79 Å². The summed E-state index contributed by atoms with van der Waals surface area (Å²) in [6.07, 6.45) is 1.16. The van der Waals surface area contributed by atoms with E-state index in [1.807, 2.05) is 6.92 Å². The first-order valence-corrected chi connectivity index (χ1v) is 6.32. The van der Waals surface area contributed by atoms with Crippen LogP contribution in [-0.2, 0) is 9.53 Å². The van der Waals surface area contributed by atoms with Crippen molar-refractivity contribution < 1.29 is 19.4 Å². The number of halogens is 1. The van der Waals surface area contributed by atoms with E-state index in [0.717, 1.165) is 6.42 Å². The highest BCUT2D eigenvalue weighted by Gasteiger charge is 2.10. The Bertz CT molecular complexity index is 462. The molecule has 0 aromatic heterocycles. The molecule has 104 valence electrons. The predicted molar refractivity (Wildman–Crippen MR) is 72.8 cm³/mol. The maximum Gasteiger partial charge on any atom is 0.337 e. The second-order valence-corrected chi connectivity index (χ2v) is 4.32. The van der Waals surface area contributed by atoms with Crippen LogP contribution in [0.15, 0.2) is 18.2 Å². The van der Waals surface area contributed by atoms with E-state index < -0.39 is 5.97 Å². The van der Waals surface area contributed by atoms with Gasteiger partial charge in [0.15, 0.2) is 0 Å². The maximum atomic E-state index is 11.6. The second kappa shape index (κ2) is 7.76. The Morgan fingerprint density at radius 1 is 1.37 bits per heavy atom. The van der Waals surface area contributed by atoms with E-state index in [2.05, 4.69) is 5.32 Å². The number of nitrogens with one attached hydrogen (secondary N) is 1. The number of benzene rings is 1. The predicted octanol–water partition coefficient (Wildman–Crippen LogP) is 2.79. The van der Waals surface area contributed by atoms with Gasteiger partial charge in [0.25, 0.3) is 0 Å². The van der Waals surface area contributed by atoms with Crippen molar-refractivity contribution in [2.45, 2.75) is 19.8 Å². The smallest absolute Gasteiger partial charge is 0.337 e. The summed E-state index contributed by atoms with van der Waals surface area (Å²) >= 11 is 5.80. The number of anilines is 1. The van der Waals surface area contributed by atoms with Gasteiger partial charge in [0.05, 0.1) is 23.6 Å². The number of carboxylic acid groups (broad SMARTS) is 1. The van der Waals surface area contributed by atoms with Gasteiger partial charge in [-0.2, -0.15) is 0 Å². The molecule has 0 spiro atoms. The summed E-state index contributed by atoms with van der Waals surface area (Å²) in [7, 11) is 0. The number of ether oxygens (including phenoxy) is 1. The average molecular weight is 286 g/mol. The first-order chi connectivity index (χ1) is 9.04. The molecule has 0 bridgehead atoms. The second-order valence-electron chi connectivity index (χ2n) is 3.91. The zero-order valence-corrected chi connectivity index (χ0v) is 11.4. The Kier molecular flexibility index (Phi) is 6.32. The lowest BCUT2D eigenvalue weighted by atomic mass is 10.2. The van der Waals surface area contributed by atoms with Crippen LogP contribution in [0, 0.1) is 0 Å². The lowest BCUT2D eigenvalue weighted by molar-refractivity contribution is -0.117. The van der Waals surface area contributed by atoms with Gasteiger partial charge >= 0.3 is 5.97 Å². The van der Waals surface area contributed by atoms with Crippen LogP contribution in [0.25, 0.3) is 0 Å². The van der Waals surface area contributed by atoms with Crippen LogP contribution in [0.5, 0.6) is 0 Å². The summed E-state index contributed by atoms with van der Waals surface area (Å²) in [6, 6.07) is 4.27. The van der Waals surface area contributed by atoms with Crippen LogP contribution in [0.3, 0.4) is 0 Å². The fourth-order valence-corrected chi connectivity index (χ4v) is 1.66. The third-order valence-electron chi connectivity index (χ3n) is 2.31. The molecule has 5 nitrogen and oxygen atoms in total. The lowest BCUT2D eigenvalue weighted by Gasteiger charge is -2.07. The minimum Gasteiger partial charge on any atom is -0.478 e. The van der Waals surface area contributed by atoms with Gasteiger partial charge in [-0.25, -0.2) is 4.79 Å². The number of carboxylic acids is 1. The van der Waals surface area contributed by atoms with Crippen molar-refractivity contribution in [1.29, 1.82) is 0 Å². The SMILES string of the molecule is CCCOCCC(=O)Nc1ccc(C(=O)O)c(Cl)c1. The molecule has 0 heterocycles. The highest BCUT2D eigenvalue weighted by atomic mass is 35.5. The van der Waals surface area contributed by atoms with Gasteiger partial charge in [-0.15, -0.1) is 0 Å². The molecule has 19 heavy (non-hydrogen) atoms. The van der Waals surface area contributed by atoms with E-state index >= 15 is 0 Å². The van der Waals surface area contributed by atoms with E-state index in [4.69, 9.17) is 21.4 Å². The van der Waals surface area contributed by atoms with Crippen LogP contribution in [0.2, 0.25) is 5.02 Å². The minimum absolute atomic E-state index is 0.00550. The van der Waals surface area contributed by atoms with Gasteiger partial charge in [-0.1, -0.05) is 18.5 Å². The quantitative estimate of drug-likeness (QED) is 0.755. The Balaban J connectivity index is 2.51. The van der Waals surface area contributed by atoms with Gasteiger partial charge in [-0.05, 0) is 24.6 Å². The third kappa shape index (κ3) is 5.28. The summed E-state index contributed by atoms with van der Waals surface area (Å²) in [4.78, 5) is 22.3. The number of hydrogen-bond acceptors (Lipinski definition) is 3. The number of carbonyl (C=O) groups excluding carboxylic acids is 1. The first kappa shape index (κ1) is 15.5. The fourth-order valence-electron chi connectivity index (χ4n) is 1.40. The molecule has 1 rings (SSSR count). The molecule has 2 N–H and O–H groups in total. The van der Waals surface area contributed by atoms with Crippen LogP contribution in [-0.4, -0.2) is 30.2 Å². The Morgan fingerprint density at radius 3 is 2.68 bits per heavy atom. The summed E-state index contributed by atoms with van der Waals surface area (Å²) in [6.45, 7) is 2.99. The molecule has 0 aliphatic heterocycles. The molecular formula is C13H16ClNO4. The molecule has 6 heteroatoms. The van der Waals surface area contributed by atoms with Crippen LogP contribution in [0.1, 0.15) is 30.1 Å². The van der Waals surface area contributed by atoms with E-state index in [1.165, 1.54) is 18.2 Å². The van der Waals surface area contributed by atoms with Crippen molar-refractivity contribution in [2.75, 3.05) is 18.5 Å². The molecule has 0 saturated heterocycles. The standard InChI is InChI=1S/C13H16ClNO4/c1-2-6-19-7-5-12(16)15-9-3-4-10(13(17)18)11(14)8-9/h3-4,8H,2,5-7H2,1H3,(H,15,16)(H,17,18). The number of amides is 1. The highest BCUT2D eigenvalue weighted by Crippen LogP contribution is 2.21. The van der Waals surface area contributed by atoms with Crippen molar-refractivity contribution in [3.05, 3.63) is 28.8 Å². The molecule has 0 aliphatic carbocycles. The van der Waals surface area contributed by atoms with E-state index in [9.17, 15) is 9.59 Å². The van der Waals surface area contributed by atoms with Crippen molar-refractivity contribution in [2.24, 2.45) is 0 Å². The number of aromatic carboxylic acids is 1. The average Bonchev–Trinajstić information content (AvgIpc) is 2.34. The van der Waals surface area contributed by atoms with E-state index in [0.29, 0.717) is 18.9 Å². The molecular weight excluding hydrogens is 270 g/mol. The van der Waals surface area contributed by atoms with Crippen LogP contribution < -0.4 is 5.32 Å². The molecule has 0 radical (unpaired) electrons. The summed E-state index contributed by atoms with van der Waals surface area (Å²) in [5, 5.41) is 11.5. The molecule has 1 amide bonds. The summed E-state index contributed by atoms with van der Waals surface area (Å²) in [5.74, 6) is -1.30. The highest BCUT2D eigenvalue weighted by molar-refractivity contribution is 6.33. The Labute approximate surface area is 116 Å². The normalized spacial score (nSPS) is 10.2. The van der Waals surface area contributed by atoms with Crippen molar-refractivity contribution in [3.8, 4) is 0 Å². The first-order valence-electron chi connectivity index (χ1n) is 5.95. The van der Waals surface area contributed by atoms with Gasteiger partial charge in [0, 0.05) is 12.3 Å².